The first-order valence-corrected chi connectivity index (χ1v) is 8.32. The standard InChI is InChI=1S/C12H27NO4S/c1-17-11-8-10-13-9-6-4-2-3-5-7-12-18(14,15)16/h13H,2-12H2,1H3,(H,14,15,16). The Bertz CT molecular complexity index is 267. The number of hydrogen-bond donors (Lipinski definition) is 2. The van der Waals surface area contributed by atoms with Crippen LogP contribution in [0, 0.1) is 0 Å². The highest BCUT2D eigenvalue weighted by Crippen LogP contribution is 2.05. The average molecular weight is 281 g/mol. The molecule has 0 aliphatic carbocycles. The zero-order chi connectivity index (χ0) is 13.7. The molecule has 0 aromatic carbocycles. The van der Waals surface area contributed by atoms with Crippen molar-refractivity contribution in [2.45, 2.75) is 44.9 Å². The van der Waals surface area contributed by atoms with Crippen molar-refractivity contribution in [1.29, 1.82) is 0 Å². The lowest BCUT2D eigenvalue weighted by Gasteiger charge is -2.04. The normalized spacial score (nSPS) is 11.9. The van der Waals surface area contributed by atoms with Crippen LogP contribution in [0.5, 0.6) is 0 Å². The van der Waals surface area contributed by atoms with Crippen LogP contribution >= 0.6 is 0 Å². The molecule has 0 saturated heterocycles. The summed E-state index contributed by atoms with van der Waals surface area (Å²) in [4.78, 5) is 0. The van der Waals surface area contributed by atoms with Crippen LogP contribution in [0.1, 0.15) is 44.9 Å². The summed E-state index contributed by atoms with van der Waals surface area (Å²) in [5.41, 5.74) is 0. The summed E-state index contributed by atoms with van der Waals surface area (Å²) < 4.78 is 34.4. The topological polar surface area (TPSA) is 75.6 Å². The van der Waals surface area contributed by atoms with E-state index in [1.165, 1.54) is 6.42 Å². The molecule has 0 amide bonds. The summed E-state index contributed by atoms with van der Waals surface area (Å²) in [6.45, 7) is 2.84. The van der Waals surface area contributed by atoms with Crippen LogP contribution in [0.15, 0.2) is 0 Å². The van der Waals surface area contributed by atoms with E-state index >= 15 is 0 Å². The smallest absolute Gasteiger partial charge is 0.264 e. The van der Waals surface area contributed by atoms with Crippen LogP contribution < -0.4 is 5.32 Å². The van der Waals surface area contributed by atoms with Crippen molar-refractivity contribution in [3.05, 3.63) is 0 Å². The maximum atomic E-state index is 10.5. The number of nitrogens with one attached hydrogen (secondary N) is 1. The van der Waals surface area contributed by atoms with E-state index in [1.54, 1.807) is 7.11 Å². The van der Waals surface area contributed by atoms with E-state index in [9.17, 15) is 8.42 Å². The second-order valence-electron chi connectivity index (χ2n) is 4.50. The maximum absolute atomic E-state index is 10.5. The van der Waals surface area contributed by atoms with Crippen molar-refractivity contribution >= 4 is 10.1 Å². The van der Waals surface area contributed by atoms with Crippen molar-refractivity contribution in [2.75, 3.05) is 32.6 Å². The molecule has 0 aromatic rings. The molecule has 0 fully saturated rings. The number of rotatable bonds is 13. The van der Waals surface area contributed by atoms with Gasteiger partial charge in [-0.15, -0.1) is 0 Å². The van der Waals surface area contributed by atoms with Gasteiger partial charge in [0.2, 0.25) is 0 Å². The van der Waals surface area contributed by atoms with Gasteiger partial charge in [-0.25, -0.2) is 0 Å². The largest absolute Gasteiger partial charge is 0.385 e. The summed E-state index contributed by atoms with van der Waals surface area (Å²) >= 11 is 0. The Balaban J connectivity index is 3.03. The third-order valence-corrected chi connectivity index (χ3v) is 3.51. The molecule has 0 heterocycles. The van der Waals surface area contributed by atoms with Gasteiger partial charge in [-0.05, 0) is 32.4 Å². The van der Waals surface area contributed by atoms with Gasteiger partial charge in [-0.3, -0.25) is 4.55 Å². The zero-order valence-electron chi connectivity index (χ0n) is 11.4. The van der Waals surface area contributed by atoms with Crippen LogP contribution in [-0.4, -0.2) is 45.5 Å². The molecule has 0 rings (SSSR count). The Morgan fingerprint density at radius 2 is 1.50 bits per heavy atom. The van der Waals surface area contributed by atoms with Crippen LogP contribution in [0.2, 0.25) is 0 Å². The summed E-state index contributed by atoms with van der Waals surface area (Å²) in [5, 5.41) is 3.35. The van der Waals surface area contributed by atoms with Gasteiger partial charge in [-0.1, -0.05) is 25.7 Å². The Morgan fingerprint density at radius 3 is 2.11 bits per heavy atom. The van der Waals surface area contributed by atoms with Gasteiger partial charge in [0.1, 0.15) is 0 Å². The summed E-state index contributed by atoms with van der Waals surface area (Å²) in [6.07, 6.45) is 6.99. The lowest BCUT2D eigenvalue weighted by molar-refractivity contribution is 0.194. The number of methoxy groups -OCH3 is 1. The lowest BCUT2D eigenvalue weighted by atomic mass is 10.1. The van der Waals surface area contributed by atoms with Gasteiger partial charge in [0, 0.05) is 13.7 Å². The average Bonchev–Trinajstić information content (AvgIpc) is 2.29. The minimum atomic E-state index is -3.76. The van der Waals surface area contributed by atoms with Gasteiger partial charge in [0.15, 0.2) is 0 Å². The summed E-state index contributed by atoms with van der Waals surface area (Å²) in [7, 11) is -2.05. The molecule has 0 spiro atoms. The molecule has 18 heavy (non-hydrogen) atoms. The number of ether oxygens (including phenoxy) is 1. The molecular weight excluding hydrogens is 254 g/mol. The molecule has 0 aliphatic heterocycles. The number of unbranched alkanes of at least 4 members (excludes halogenated alkanes) is 5. The lowest BCUT2D eigenvalue weighted by Crippen LogP contribution is -2.17. The van der Waals surface area contributed by atoms with E-state index in [4.69, 9.17) is 9.29 Å². The molecular formula is C12H27NO4S. The second-order valence-corrected chi connectivity index (χ2v) is 6.08. The first kappa shape index (κ1) is 17.8. The van der Waals surface area contributed by atoms with Crippen molar-refractivity contribution in [3.8, 4) is 0 Å². The minimum absolute atomic E-state index is 0.103. The van der Waals surface area contributed by atoms with Gasteiger partial charge >= 0.3 is 0 Å². The second kappa shape index (κ2) is 11.9. The monoisotopic (exact) mass is 281 g/mol. The molecule has 0 aliphatic rings. The Hall–Kier alpha value is -0.170. The van der Waals surface area contributed by atoms with Gasteiger partial charge in [-0.2, -0.15) is 8.42 Å². The highest BCUT2D eigenvalue weighted by Gasteiger charge is 2.02. The van der Waals surface area contributed by atoms with Crippen molar-refractivity contribution in [2.24, 2.45) is 0 Å². The third kappa shape index (κ3) is 15.8. The first-order valence-electron chi connectivity index (χ1n) is 6.71. The fourth-order valence-electron chi connectivity index (χ4n) is 1.71. The molecule has 0 saturated carbocycles. The van der Waals surface area contributed by atoms with Gasteiger partial charge in [0.25, 0.3) is 10.1 Å². The van der Waals surface area contributed by atoms with E-state index in [0.29, 0.717) is 6.42 Å². The molecule has 0 bridgehead atoms. The maximum Gasteiger partial charge on any atom is 0.264 e. The summed E-state index contributed by atoms with van der Waals surface area (Å²) in [6, 6.07) is 0. The quantitative estimate of drug-likeness (QED) is 0.398. The molecule has 0 aromatic heterocycles. The minimum Gasteiger partial charge on any atom is -0.385 e. The Morgan fingerprint density at radius 1 is 0.944 bits per heavy atom. The van der Waals surface area contributed by atoms with Crippen LogP contribution in [0.25, 0.3) is 0 Å². The summed E-state index contributed by atoms with van der Waals surface area (Å²) in [5.74, 6) is -0.103. The van der Waals surface area contributed by atoms with E-state index in [-0.39, 0.29) is 5.75 Å². The molecule has 5 nitrogen and oxygen atoms in total. The van der Waals surface area contributed by atoms with Crippen molar-refractivity contribution < 1.29 is 17.7 Å². The van der Waals surface area contributed by atoms with E-state index in [0.717, 1.165) is 51.8 Å². The number of hydrogen-bond acceptors (Lipinski definition) is 4. The van der Waals surface area contributed by atoms with Crippen LogP contribution in [0.4, 0.5) is 0 Å². The molecule has 0 atom stereocenters. The van der Waals surface area contributed by atoms with Crippen molar-refractivity contribution in [1.82, 2.24) is 5.32 Å². The predicted molar refractivity (Wildman–Crippen MR) is 73.5 cm³/mol. The molecule has 2 N–H and O–H groups in total. The van der Waals surface area contributed by atoms with Crippen LogP contribution in [0.3, 0.4) is 0 Å². The highest BCUT2D eigenvalue weighted by atomic mass is 32.2. The van der Waals surface area contributed by atoms with E-state index in [2.05, 4.69) is 5.32 Å². The Kier molecular flexibility index (Phi) is 11.8. The Labute approximate surface area is 111 Å². The van der Waals surface area contributed by atoms with E-state index in [1.807, 2.05) is 0 Å². The SMILES string of the molecule is COCCCNCCCCCCCCS(=O)(=O)O. The zero-order valence-corrected chi connectivity index (χ0v) is 12.2. The molecule has 0 unspecified atom stereocenters. The first-order chi connectivity index (χ1) is 8.56. The molecule has 6 heteroatoms. The van der Waals surface area contributed by atoms with Gasteiger partial charge in [0.05, 0.1) is 5.75 Å². The fraction of sp³-hybridized carbons (Fsp3) is 1.00. The molecule has 110 valence electrons. The fourth-order valence-corrected chi connectivity index (χ4v) is 2.28. The predicted octanol–water partition coefficient (Wildman–Crippen LogP) is 1.84. The third-order valence-electron chi connectivity index (χ3n) is 2.71. The van der Waals surface area contributed by atoms with Crippen molar-refractivity contribution in [3.63, 3.8) is 0 Å². The molecule has 0 radical (unpaired) electrons. The highest BCUT2D eigenvalue weighted by molar-refractivity contribution is 7.85. The van der Waals surface area contributed by atoms with Gasteiger partial charge < -0.3 is 10.1 Å². The van der Waals surface area contributed by atoms with Crippen LogP contribution in [-0.2, 0) is 14.9 Å². The van der Waals surface area contributed by atoms with E-state index < -0.39 is 10.1 Å².